The Labute approximate surface area is 205 Å². The summed E-state index contributed by atoms with van der Waals surface area (Å²) in [5.74, 6) is 0.821. The van der Waals surface area contributed by atoms with Gasteiger partial charge in [0, 0.05) is 31.4 Å². The molecule has 1 aliphatic heterocycles. The number of carbonyl (C=O) groups excluding carboxylic acids is 2. The first kappa shape index (κ1) is 24.2. The van der Waals surface area contributed by atoms with Crippen LogP contribution in [0.5, 0.6) is 5.75 Å². The Balaban J connectivity index is 1.39. The van der Waals surface area contributed by atoms with E-state index in [1.54, 1.807) is 37.6 Å². The highest BCUT2D eigenvalue weighted by Crippen LogP contribution is 2.27. The Bertz CT molecular complexity index is 1170. The van der Waals surface area contributed by atoms with E-state index in [-0.39, 0.29) is 24.0 Å². The molecular formula is C27H30N4O4. The van der Waals surface area contributed by atoms with E-state index in [9.17, 15) is 9.59 Å². The van der Waals surface area contributed by atoms with Gasteiger partial charge in [-0.2, -0.15) is 0 Å². The maximum atomic E-state index is 12.9. The number of amides is 2. The Morgan fingerprint density at radius 2 is 1.74 bits per heavy atom. The van der Waals surface area contributed by atoms with Gasteiger partial charge in [-0.25, -0.2) is 4.98 Å². The van der Waals surface area contributed by atoms with Gasteiger partial charge in [-0.15, -0.1) is 0 Å². The third-order valence-electron chi connectivity index (χ3n) is 5.77. The molecule has 1 saturated heterocycles. The van der Waals surface area contributed by atoms with Crippen molar-refractivity contribution in [1.82, 2.24) is 15.2 Å². The fourth-order valence-electron chi connectivity index (χ4n) is 4.13. The van der Waals surface area contributed by atoms with Gasteiger partial charge in [0.1, 0.15) is 11.6 Å². The van der Waals surface area contributed by atoms with Crippen molar-refractivity contribution in [1.29, 1.82) is 0 Å². The van der Waals surface area contributed by atoms with Gasteiger partial charge in [-0.05, 0) is 55.8 Å². The van der Waals surface area contributed by atoms with Gasteiger partial charge in [0.25, 0.3) is 11.8 Å². The fourth-order valence-corrected chi connectivity index (χ4v) is 4.13. The molecule has 0 radical (unpaired) electrons. The van der Waals surface area contributed by atoms with Crippen LogP contribution in [0.4, 0.5) is 11.5 Å². The molecule has 1 aromatic heterocycles. The third-order valence-corrected chi connectivity index (χ3v) is 5.77. The minimum atomic E-state index is -0.257. The van der Waals surface area contributed by atoms with Gasteiger partial charge in [0.05, 0.1) is 30.6 Å². The number of nitrogens with zero attached hydrogens (tertiary/aromatic N) is 2. The second-order valence-corrected chi connectivity index (χ2v) is 8.57. The van der Waals surface area contributed by atoms with E-state index in [4.69, 9.17) is 9.47 Å². The van der Waals surface area contributed by atoms with Crippen LogP contribution in [0.15, 0.2) is 66.9 Å². The minimum Gasteiger partial charge on any atom is -0.495 e. The smallest absolute Gasteiger partial charge is 0.255 e. The highest BCUT2D eigenvalue weighted by molar-refractivity contribution is 5.99. The largest absolute Gasteiger partial charge is 0.495 e. The van der Waals surface area contributed by atoms with Crippen LogP contribution in [0.2, 0.25) is 0 Å². The van der Waals surface area contributed by atoms with Gasteiger partial charge in [-0.3, -0.25) is 9.59 Å². The third kappa shape index (κ3) is 5.96. The first-order chi connectivity index (χ1) is 16.9. The molecule has 3 aromatic rings. The van der Waals surface area contributed by atoms with Crippen LogP contribution in [-0.4, -0.2) is 54.1 Å². The molecule has 2 heterocycles. The maximum absolute atomic E-state index is 12.9. The van der Waals surface area contributed by atoms with E-state index in [0.717, 1.165) is 5.56 Å². The van der Waals surface area contributed by atoms with Crippen molar-refractivity contribution in [3.63, 3.8) is 0 Å². The lowest BCUT2D eigenvalue weighted by Crippen LogP contribution is -2.48. The van der Waals surface area contributed by atoms with Crippen molar-refractivity contribution in [2.24, 2.45) is 0 Å². The second-order valence-electron chi connectivity index (χ2n) is 8.57. The van der Waals surface area contributed by atoms with Crippen molar-refractivity contribution in [3.05, 3.63) is 83.6 Å². The summed E-state index contributed by atoms with van der Waals surface area (Å²) in [4.78, 5) is 32.0. The van der Waals surface area contributed by atoms with Crippen LogP contribution in [-0.2, 0) is 11.3 Å². The monoisotopic (exact) mass is 474 g/mol. The van der Waals surface area contributed by atoms with E-state index >= 15 is 0 Å². The Morgan fingerprint density at radius 1 is 1.03 bits per heavy atom. The number of benzene rings is 2. The molecule has 2 aromatic carbocycles. The molecule has 8 heteroatoms. The summed E-state index contributed by atoms with van der Waals surface area (Å²) in [5.41, 5.74) is 2.64. The highest BCUT2D eigenvalue weighted by Gasteiger charge is 2.26. The van der Waals surface area contributed by atoms with E-state index in [2.05, 4.69) is 15.6 Å². The molecular weight excluding hydrogens is 444 g/mol. The number of methoxy groups -OCH3 is 1. The quantitative estimate of drug-likeness (QED) is 0.538. The molecule has 2 amide bonds. The number of carbonyl (C=O) groups is 2. The predicted octanol–water partition coefficient (Wildman–Crippen LogP) is 4.01. The number of para-hydroxylation sites is 2. The van der Waals surface area contributed by atoms with Gasteiger partial charge in [0.2, 0.25) is 0 Å². The molecule has 2 N–H and O–H groups in total. The molecule has 8 nitrogen and oxygen atoms in total. The summed E-state index contributed by atoms with van der Waals surface area (Å²) < 4.78 is 11.1. The van der Waals surface area contributed by atoms with Gasteiger partial charge in [-0.1, -0.05) is 24.3 Å². The normalized spacial score (nSPS) is 17.5. The number of morpholine rings is 1. The fraction of sp³-hybridized carbons (Fsp3) is 0.296. The Morgan fingerprint density at radius 3 is 2.46 bits per heavy atom. The van der Waals surface area contributed by atoms with Crippen molar-refractivity contribution in [3.8, 4) is 5.75 Å². The molecule has 1 fully saturated rings. The van der Waals surface area contributed by atoms with E-state index < -0.39 is 0 Å². The summed E-state index contributed by atoms with van der Waals surface area (Å²) in [7, 11) is 1.59. The zero-order valence-electron chi connectivity index (χ0n) is 20.2. The molecule has 0 spiro atoms. The average Bonchev–Trinajstić information content (AvgIpc) is 2.87. The first-order valence-electron chi connectivity index (χ1n) is 11.6. The van der Waals surface area contributed by atoms with Crippen molar-refractivity contribution < 1.29 is 19.1 Å². The molecule has 4 rings (SSSR count). The molecule has 0 aliphatic carbocycles. The standard InChI is InChI=1S/C27H30N4O4/c1-18-16-31(17-19(2)35-18)27(33)21-12-10-20(11-13-21)15-29-26(32)22-7-6-14-28-25(22)30-23-8-4-5-9-24(23)34-3/h4-14,18-19H,15-17H2,1-3H3,(H,28,30)(H,29,32). The van der Waals surface area contributed by atoms with Gasteiger partial charge in [0.15, 0.2) is 0 Å². The van der Waals surface area contributed by atoms with Crippen LogP contribution in [0.25, 0.3) is 0 Å². The van der Waals surface area contributed by atoms with Crippen LogP contribution in [0, 0.1) is 0 Å². The lowest BCUT2D eigenvalue weighted by molar-refractivity contribution is -0.0586. The van der Waals surface area contributed by atoms with Crippen molar-refractivity contribution >= 4 is 23.3 Å². The average molecular weight is 475 g/mol. The van der Waals surface area contributed by atoms with E-state index in [1.807, 2.05) is 55.1 Å². The lowest BCUT2D eigenvalue weighted by Gasteiger charge is -2.35. The Kier molecular flexibility index (Phi) is 7.62. The number of rotatable bonds is 7. The SMILES string of the molecule is COc1ccccc1Nc1ncccc1C(=O)NCc1ccc(C(=O)N2CC(C)OC(C)C2)cc1. The summed E-state index contributed by atoms with van der Waals surface area (Å²) in [5, 5.41) is 6.11. The first-order valence-corrected chi connectivity index (χ1v) is 11.6. The number of ether oxygens (including phenoxy) is 2. The highest BCUT2D eigenvalue weighted by atomic mass is 16.5. The van der Waals surface area contributed by atoms with Gasteiger partial charge < -0.3 is 25.0 Å². The van der Waals surface area contributed by atoms with Crippen molar-refractivity contribution in [2.75, 3.05) is 25.5 Å². The van der Waals surface area contributed by atoms with Crippen molar-refractivity contribution in [2.45, 2.75) is 32.6 Å². The summed E-state index contributed by atoms with van der Waals surface area (Å²) in [6, 6.07) is 18.2. The summed E-state index contributed by atoms with van der Waals surface area (Å²) >= 11 is 0. The van der Waals surface area contributed by atoms with Crippen LogP contribution in [0.1, 0.15) is 40.1 Å². The topological polar surface area (TPSA) is 92.8 Å². The molecule has 182 valence electrons. The molecule has 1 aliphatic rings. The summed E-state index contributed by atoms with van der Waals surface area (Å²) in [6.07, 6.45) is 1.67. The molecule has 0 saturated carbocycles. The van der Waals surface area contributed by atoms with Gasteiger partial charge >= 0.3 is 0 Å². The van der Waals surface area contributed by atoms with E-state index in [0.29, 0.717) is 48.0 Å². The zero-order valence-corrected chi connectivity index (χ0v) is 20.2. The second kappa shape index (κ2) is 11.0. The summed E-state index contributed by atoms with van der Waals surface area (Å²) in [6.45, 7) is 5.43. The number of hydrogen-bond donors (Lipinski definition) is 2. The maximum Gasteiger partial charge on any atom is 0.255 e. The van der Waals surface area contributed by atoms with Crippen LogP contribution >= 0.6 is 0 Å². The molecule has 0 bridgehead atoms. The van der Waals surface area contributed by atoms with Crippen LogP contribution in [0.3, 0.4) is 0 Å². The Hall–Kier alpha value is -3.91. The number of aromatic nitrogens is 1. The van der Waals surface area contributed by atoms with Crippen LogP contribution < -0.4 is 15.4 Å². The molecule has 2 atom stereocenters. The predicted molar refractivity (Wildman–Crippen MR) is 134 cm³/mol. The molecule has 2 unspecified atom stereocenters. The number of hydrogen-bond acceptors (Lipinski definition) is 6. The number of anilines is 2. The zero-order chi connectivity index (χ0) is 24.8. The molecule has 35 heavy (non-hydrogen) atoms. The van der Waals surface area contributed by atoms with E-state index in [1.165, 1.54) is 0 Å². The number of nitrogens with one attached hydrogen (secondary N) is 2. The lowest BCUT2D eigenvalue weighted by atomic mass is 10.1. The minimum absolute atomic E-state index is 0.00926. The number of pyridine rings is 1.